The lowest BCUT2D eigenvalue weighted by molar-refractivity contribution is -0.382. The summed E-state index contributed by atoms with van der Waals surface area (Å²) in [6.45, 7) is 6.77. The number of fused-ring (bicyclic) bond motifs is 1. The molecule has 0 radical (unpaired) electrons. The van der Waals surface area contributed by atoms with E-state index >= 15 is 0 Å². The smallest absolute Gasteiger partial charge is 0.323 e. The summed E-state index contributed by atoms with van der Waals surface area (Å²) in [7, 11) is 3.20. The number of rotatable bonds is 9. The zero-order valence-electron chi connectivity index (χ0n) is 18.5. The number of nitrogens with zero attached hydrogens (tertiary/aromatic N) is 5. The van der Waals surface area contributed by atoms with E-state index in [1.165, 1.54) is 0 Å². The van der Waals surface area contributed by atoms with Crippen LogP contribution < -0.4 is 19.3 Å². The van der Waals surface area contributed by atoms with Gasteiger partial charge in [0.05, 0.1) is 38.0 Å². The van der Waals surface area contributed by atoms with Crippen LogP contribution in [0.4, 0.5) is 17.1 Å². The molecule has 33 heavy (non-hydrogen) atoms. The second-order valence-corrected chi connectivity index (χ2v) is 7.43. The van der Waals surface area contributed by atoms with Crippen LogP contribution >= 0.6 is 0 Å². The molecule has 2 heterocycles. The van der Waals surface area contributed by atoms with E-state index in [-0.39, 0.29) is 11.2 Å². The minimum Gasteiger partial charge on any atom is -0.497 e. The molecule has 0 bridgehead atoms. The van der Waals surface area contributed by atoms with Crippen molar-refractivity contribution in [3.05, 3.63) is 52.6 Å². The summed E-state index contributed by atoms with van der Waals surface area (Å²) in [6, 6.07) is 7.32. The molecule has 0 spiro atoms. The molecule has 1 aliphatic rings. The standard InChI is InChI=1S/C22H25N5O6/c1-4-7-26(14-15-12-16(30-2)5-6-19(15)31-3)17-13-18(25-8-10-32-11-9-25)22(27(28)29)21-20(17)23-33-24-21/h4-6,12-13H,1,7-11,14H2,2-3H3. The molecule has 1 aromatic heterocycles. The normalized spacial score (nSPS) is 13.7. The summed E-state index contributed by atoms with van der Waals surface area (Å²) in [5, 5.41) is 19.9. The monoisotopic (exact) mass is 455 g/mol. The molecule has 1 aliphatic heterocycles. The van der Waals surface area contributed by atoms with E-state index in [0.717, 1.165) is 5.56 Å². The fourth-order valence-corrected chi connectivity index (χ4v) is 3.98. The molecule has 1 saturated heterocycles. The van der Waals surface area contributed by atoms with E-state index < -0.39 is 4.92 Å². The minimum absolute atomic E-state index is 0.102. The topological polar surface area (TPSA) is 116 Å². The van der Waals surface area contributed by atoms with Crippen LogP contribution in [0.15, 0.2) is 41.5 Å². The number of nitro benzene ring substituents is 1. The third kappa shape index (κ3) is 4.40. The molecule has 4 rings (SSSR count). The molecule has 11 heteroatoms. The lowest BCUT2D eigenvalue weighted by Crippen LogP contribution is -2.36. The Morgan fingerprint density at radius 1 is 1.21 bits per heavy atom. The number of hydrogen-bond donors (Lipinski definition) is 0. The first-order valence-electron chi connectivity index (χ1n) is 10.4. The van der Waals surface area contributed by atoms with Crippen molar-refractivity contribution < 1.29 is 23.8 Å². The van der Waals surface area contributed by atoms with Crippen molar-refractivity contribution in [2.75, 3.05) is 56.9 Å². The summed E-state index contributed by atoms with van der Waals surface area (Å²) < 4.78 is 21.3. The molecule has 0 N–H and O–H groups in total. The van der Waals surface area contributed by atoms with Gasteiger partial charge in [-0.3, -0.25) is 10.1 Å². The highest BCUT2D eigenvalue weighted by molar-refractivity contribution is 6.00. The Labute approximate surface area is 190 Å². The second-order valence-electron chi connectivity index (χ2n) is 7.43. The van der Waals surface area contributed by atoms with Gasteiger partial charge >= 0.3 is 5.69 Å². The average molecular weight is 455 g/mol. The van der Waals surface area contributed by atoms with Gasteiger partial charge in [0, 0.05) is 31.7 Å². The molecule has 0 amide bonds. The van der Waals surface area contributed by atoms with Gasteiger partial charge in [0.1, 0.15) is 17.2 Å². The second kappa shape index (κ2) is 9.74. The Balaban J connectivity index is 1.85. The number of morpholine rings is 1. The highest BCUT2D eigenvalue weighted by atomic mass is 16.6. The predicted octanol–water partition coefficient (Wildman–Crippen LogP) is 3.18. The van der Waals surface area contributed by atoms with Crippen LogP contribution in [-0.2, 0) is 11.3 Å². The molecular formula is C22H25N5O6. The van der Waals surface area contributed by atoms with Crippen molar-refractivity contribution in [2.45, 2.75) is 6.54 Å². The van der Waals surface area contributed by atoms with Gasteiger partial charge in [0.15, 0.2) is 5.52 Å². The van der Waals surface area contributed by atoms with Gasteiger partial charge in [-0.1, -0.05) is 6.08 Å². The molecule has 2 aromatic carbocycles. The summed E-state index contributed by atoms with van der Waals surface area (Å²) in [6.07, 6.45) is 1.75. The van der Waals surface area contributed by atoms with Crippen LogP contribution in [0.25, 0.3) is 11.0 Å². The highest BCUT2D eigenvalue weighted by Gasteiger charge is 2.31. The molecular weight excluding hydrogens is 430 g/mol. The molecule has 3 aromatic rings. The summed E-state index contributed by atoms with van der Waals surface area (Å²) in [5.41, 5.74) is 2.24. The summed E-state index contributed by atoms with van der Waals surface area (Å²) >= 11 is 0. The first-order valence-corrected chi connectivity index (χ1v) is 10.4. The average Bonchev–Trinajstić information content (AvgIpc) is 3.32. The molecule has 0 aliphatic carbocycles. The third-order valence-electron chi connectivity index (χ3n) is 5.54. The van der Waals surface area contributed by atoms with Gasteiger partial charge in [-0.05, 0) is 34.6 Å². The van der Waals surface area contributed by atoms with Gasteiger partial charge in [-0.25, -0.2) is 4.63 Å². The lowest BCUT2D eigenvalue weighted by atomic mass is 10.1. The van der Waals surface area contributed by atoms with Crippen LogP contribution in [0.2, 0.25) is 0 Å². The zero-order chi connectivity index (χ0) is 23.4. The Bertz CT molecular complexity index is 1160. The van der Waals surface area contributed by atoms with Crippen LogP contribution in [0.3, 0.4) is 0 Å². The quantitative estimate of drug-likeness (QED) is 0.270. The van der Waals surface area contributed by atoms with Gasteiger partial charge in [-0.15, -0.1) is 6.58 Å². The zero-order valence-corrected chi connectivity index (χ0v) is 18.5. The Morgan fingerprint density at radius 3 is 2.64 bits per heavy atom. The van der Waals surface area contributed by atoms with Gasteiger partial charge in [0.25, 0.3) is 0 Å². The molecule has 0 saturated carbocycles. The van der Waals surface area contributed by atoms with Crippen molar-refractivity contribution in [2.24, 2.45) is 0 Å². The summed E-state index contributed by atoms with van der Waals surface area (Å²) in [4.78, 5) is 15.5. The van der Waals surface area contributed by atoms with E-state index in [0.29, 0.717) is 67.8 Å². The third-order valence-corrected chi connectivity index (χ3v) is 5.54. The largest absolute Gasteiger partial charge is 0.497 e. The number of methoxy groups -OCH3 is 2. The number of aromatic nitrogens is 2. The molecule has 11 nitrogen and oxygen atoms in total. The summed E-state index contributed by atoms with van der Waals surface area (Å²) in [5.74, 6) is 1.38. The number of ether oxygens (including phenoxy) is 3. The van der Waals surface area contributed by atoms with E-state index in [9.17, 15) is 10.1 Å². The van der Waals surface area contributed by atoms with Gasteiger partial charge in [-0.2, -0.15) is 0 Å². The number of benzene rings is 2. The maximum absolute atomic E-state index is 12.0. The predicted molar refractivity (Wildman–Crippen MR) is 122 cm³/mol. The van der Waals surface area contributed by atoms with Gasteiger partial charge < -0.3 is 24.0 Å². The van der Waals surface area contributed by atoms with E-state index in [4.69, 9.17) is 18.8 Å². The van der Waals surface area contributed by atoms with E-state index in [1.54, 1.807) is 26.4 Å². The Kier molecular flexibility index (Phi) is 6.59. The molecule has 0 unspecified atom stereocenters. The van der Waals surface area contributed by atoms with Crippen molar-refractivity contribution in [3.63, 3.8) is 0 Å². The minimum atomic E-state index is -0.440. The SMILES string of the molecule is C=CCN(Cc1cc(OC)ccc1OC)c1cc(N2CCOCC2)c([N+](=O)[O-])c2nonc12. The van der Waals surface area contributed by atoms with E-state index in [2.05, 4.69) is 16.9 Å². The van der Waals surface area contributed by atoms with Crippen molar-refractivity contribution in [1.29, 1.82) is 0 Å². The number of hydrogen-bond acceptors (Lipinski definition) is 10. The first kappa shape index (κ1) is 22.3. The lowest BCUT2D eigenvalue weighted by Gasteiger charge is -2.30. The number of nitro groups is 1. The maximum atomic E-state index is 12.0. The van der Waals surface area contributed by atoms with Gasteiger partial charge in [0.2, 0.25) is 5.52 Å². The van der Waals surface area contributed by atoms with Crippen LogP contribution in [-0.4, -0.2) is 62.3 Å². The molecule has 0 atom stereocenters. The molecule has 1 fully saturated rings. The van der Waals surface area contributed by atoms with Crippen molar-refractivity contribution >= 4 is 28.1 Å². The fraction of sp³-hybridized carbons (Fsp3) is 0.364. The Morgan fingerprint density at radius 2 is 1.97 bits per heavy atom. The highest BCUT2D eigenvalue weighted by Crippen LogP contribution is 2.41. The first-order chi connectivity index (χ1) is 16.1. The van der Waals surface area contributed by atoms with Crippen LogP contribution in [0.5, 0.6) is 11.5 Å². The van der Waals surface area contributed by atoms with Crippen LogP contribution in [0, 0.1) is 10.1 Å². The van der Waals surface area contributed by atoms with Crippen molar-refractivity contribution in [1.82, 2.24) is 10.3 Å². The van der Waals surface area contributed by atoms with Crippen molar-refractivity contribution in [3.8, 4) is 11.5 Å². The fourth-order valence-electron chi connectivity index (χ4n) is 3.98. The number of anilines is 2. The van der Waals surface area contributed by atoms with Crippen LogP contribution in [0.1, 0.15) is 5.56 Å². The Hall–Kier alpha value is -3.86. The maximum Gasteiger partial charge on any atom is 0.323 e. The molecule has 174 valence electrons. The van der Waals surface area contributed by atoms with E-state index in [1.807, 2.05) is 28.0 Å².